The van der Waals surface area contributed by atoms with Crippen LogP contribution in [0, 0.1) is 52.3 Å². The van der Waals surface area contributed by atoms with E-state index in [0.717, 1.165) is 93.5 Å². The number of amides is 1. The zero-order chi connectivity index (χ0) is 36.9. The fourth-order valence-electron chi connectivity index (χ4n) is 11.0. The first-order valence-electron chi connectivity index (χ1n) is 21.5. The number of hydrogen-bond acceptors (Lipinski definition) is 6. The van der Waals surface area contributed by atoms with Gasteiger partial charge in [0.1, 0.15) is 6.10 Å². The molecule has 9 atom stereocenters. The average molecular weight is 718 g/mol. The standard InChI is InChI=1S/C44H79NO6/c1-32(2)13-11-14-34(5)39-17-18-40-38-16-15-35-30-37(19-21-43(35,6)41(38)20-22-44(39,40)7)51-42(47)45-23-12-26-49-28-27-48-24-9-8-10-25-50-31-36(46)29-33(3)4/h15,32-34,36-41,46H,8-14,16-31H2,1-7H3,(H,45,47)/t34?,36?,37-,38?,39?,40?,41?,43-,44+/m0/s1. The molecule has 7 heteroatoms. The number of ether oxygens (including phenoxy) is 4. The van der Waals surface area contributed by atoms with Gasteiger partial charge >= 0.3 is 6.09 Å². The summed E-state index contributed by atoms with van der Waals surface area (Å²) < 4.78 is 22.9. The van der Waals surface area contributed by atoms with E-state index >= 15 is 0 Å². The van der Waals surface area contributed by atoms with E-state index < -0.39 is 0 Å². The number of nitrogens with one attached hydrogen (secondary N) is 1. The number of carbonyl (C=O) groups excluding carboxylic acids is 1. The largest absolute Gasteiger partial charge is 0.446 e. The maximum atomic E-state index is 12.7. The van der Waals surface area contributed by atoms with E-state index in [1.165, 1.54) is 51.4 Å². The smallest absolute Gasteiger partial charge is 0.407 e. The summed E-state index contributed by atoms with van der Waals surface area (Å²) in [6.07, 6.45) is 20.6. The molecule has 1 amide bonds. The highest BCUT2D eigenvalue weighted by molar-refractivity contribution is 5.67. The molecule has 0 aromatic rings. The minimum Gasteiger partial charge on any atom is -0.446 e. The summed E-state index contributed by atoms with van der Waals surface area (Å²) in [7, 11) is 0. The summed E-state index contributed by atoms with van der Waals surface area (Å²) in [4.78, 5) is 12.7. The van der Waals surface area contributed by atoms with Gasteiger partial charge in [-0.3, -0.25) is 0 Å². The minimum absolute atomic E-state index is 0.0131. The first-order chi connectivity index (χ1) is 24.4. The number of aliphatic hydroxyl groups excluding tert-OH is 1. The van der Waals surface area contributed by atoms with Crippen LogP contribution in [0.1, 0.15) is 151 Å². The Morgan fingerprint density at radius 1 is 0.824 bits per heavy atom. The van der Waals surface area contributed by atoms with Crippen molar-refractivity contribution in [3.8, 4) is 0 Å². The van der Waals surface area contributed by atoms with Crippen LogP contribution in [0.25, 0.3) is 0 Å². The van der Waals surface area contributed by atoms with Gasteiger partial charge in [-0.15, -0.1) is 0 Å². The Labute approximate surface area is 313 Å². The zero-order valence-electron chi connectivity index (χ0n) is 34.0. The monoisotopic (exact) mass is 718 g/mol. The number of carbonyl (C=O) groups is 1. The number of rotatable bonds is 23. The summed E-state index contributed by atoms with van der Waals surface area (Å²) in [5.41, 5.74) is 2.37. The molecule has 4 aliphatic carbocycles. The lowest BCUT2D eigenvalue weighted by Gasteiger charge is -2.58. The topological polar surface area (TPSA) is 86.3 Å². The highest BCUT2D eigenvalue weighted by Gasteiger charge is 2.59. The summed E-state index contributed by atoms with van der Waals surface area (Å²) in [6, 6.07) is 0. The van der Waals surface area contributed by atoms with E-state index in [-0.39, 0.29) is 23.7 Å². The molecule has 0 aliphatic heterocycles. The van der Waals surface area contributed by atoms with Crippen molar-refractivity contribution in [3.63, 3.8) is 0 Å². The molecule has 3 fully saturated rings. The summed E-state index contributed by atoms with van der Waals surface area (Å²) >= 11 is 0. The number of allylic oxidation sites excluding steroid dienone is 1. The Hall–Kier alpha value is -1.15. The van der Waals surface area contributed by atoms with Crippen molar-refractivity contribution in [1.82, 2.24) is 5.32 Å². The lowest BCUT2D eigenvalue weighted by atomic mass is 9.47. The van der Waals surface area contributed by atoms with Gasteiger partial charge < -0.3 is 29.4 Å². The molecule has 0 saturated heterocycles. The minimum atomic E-state index is -0.355. The molecule has 6 unspecified atom stereocenters. The van der Waals surface area contributed by atoms with Crippen LogP contribution in [0.3, 0.4) is 0 Å². The summed E-state index contributed by atoms with van der Waals surface area (Å²) in [5, 5.41) is 12.8. The van der Waals surface area contributed by atoms with Crippen molar-refractivity contribution in [3.05, 3.63) is 11.6 Å². The van der Waals surface area contributed by atoms with E-state index in [4.69, 9.17) is 18.9 Å². The maximum absolute atomic E-state index is 12.7. The van der Waals surface area contributed by atoms with Gasteiger partial charge in [0.15, 0.2) is 0 Å². The molecule has 0 spiro atoms. The van der Waals surface area contributed by atoms with Crippen molar-refractivity contribution in [2.75, 3.05) is 46.2 Å². The highest BCUT2D eigenvalue weighted by atomic mass is 16.6. The average Bonchev–Trinajstić information content (AvgIpc) is 3.43. The van der Waals surface area contributed by atoms with Crippen LogP contribution in [0.4, 0.5) is 4.79 Å². The normalized spacial score (nSPS) is 31.5. The fraction of sp³-hybridized carbons (Fsp3) is 0.932. The molecule has 2 N–H and O–H groups in total. The first kappa shape index (κ1) is 42.6. The number of hydrogen-bond donors (Lipinski definition) is 2. The Morgan fingerprint density at radius 3 is 2.27 bits per heavy atom. The number of fused-ring (bicyclic) bond motifs is 5. The Kier molecular flexibility index (Phi) is 17.6. The van der Waals surface area contributed by atoms with Gasteiger partial charge in [-0.25, -0.2) is 4.79 Å². The maximum Gasteiger partial charge on any atom is 0.407 e. The predicted molar refractivity (Wildman–Crippen MR) is 208 cm³/mol. The second-order valence-electron chi connectivity index (χ2n) is 18.5. The van der Waals surface area contributed by atoms with Crippen molar-refractivity contribution < 1.29 is 28.8 Å². The molecule has 0 aromatic carbocycles. The molecule has 296 valence electrons. The van der Waals surface area contributed by atoms with Crippen LogP contribution in [-0.2, 0) is 18.9 Å². The highest BCUT2D eigenvalue weighted by Crippen LogP contribution is 2.67. The summed E-state index contributed by atoms with van der Waals surface area (Å²) in [5.74, 6) is 5.56. The van der Waals surface area contributed by atoms with Gasteiger partial charge in [0.25, 0.3) is 0 Å². The second kappa shape index (κ2) is 21.1. The van der Waals surface area contributed by atoms with E-state index in [1.807, 2.05) is 0 Å². The van der Waals surface area contributed by atoms with Crippen molar-refractivity contribution in [1.29, 1.82) is 0 Å². The molecule has 51 heavy (non-hydrogen) atoms. The van der Waals surface area contributed by atoms with Gasteiger partial charge in [0.2, 0.25) is 0 Å². The lowest BCUT2D eigenvalue weighted by molar-refractivity contribution is -0.0581. The molecular weight excluding hydrogens is 638 g/mol. The molecule has 0 aromatic heterocycles. The molecule has 4 rings (SSSR count). The van der Waals surface area contributed by atoms with Crippen molar-refractivity contribution >= 4 is 6.09 Å². The van der Waals surface area contributed by atoms with E-state index in [1.54, 1.807) is 5.57 Å². The fourth-order valence-corrected chi connectivity index (χ4v) is 11.0. The van der Waals surface area contributed by atoms with Crippen LogP contribution in [-0.4, -0.2) is 69.6 Å². The lowest BCUT2D eigenvalue weighted by Crippen LogP contribution is -2.51. The van der Waals surface area contributed by atoms with Crippen LogP contribution < -0.4 is 5.32 Å². The van der Waals surface area contributed by atoms with E-state index in [0.29, 0.717) is 50.9 Å². The van der Waals surface area contributed by atoms with E-state index in [2.05, 4.69) is 59.9 Å². The molecule has 0 radical (unpaired) electrons. The molecule has 4 aliphatic rings. The van der Waals surface area contributed by atoms with Crippen LogP contribution in [0.15, 0.2) is 11.6 Å². The molecular formula is C44H79NO6. The predicted octanol–water partition coefficient (Wildman–Crippen LogP) is 10.1. The quantitative estimate of drug-likeness (QED) is 0.0809. The molecule has 7 nitrogen and oxygen atoms in total. The molecule has 0 bridgehead atoms. The number of unbranched alkanes of at least 4 members (excludes halogenated alkanes) is 2. The summed E-state index contributed by atoms with van der Waals surface area (Å²) in [6.45, 7) is 20.9. The SMILES string of the molecule is CC(C)CCCC(C)C1CCC2C3CC=C4C[C@@H](OC(=O)NCCCOCCOCCCCCOCC(O)CC(C)C)CC[C@]4(C)C3CC[C@]12C. The Bertz CT molecular complexity index is 1050. The third kappa shape index (κ3) is 12.4. The van der Waals surface area contributed by atoms with Crippen LogP contribution in [0.5, 0.6) is 0 Å². The van der Waals surface area contributed by atoms with Gasteiger partial charge in [-0.2, -0.15) is 0 Å². The Balaban J connectivity index is 1.05. The van der Waals surface area contributed by atoms with Crippen molar-refractivity contribution in [2.45, 2.75) is 163 Å². The van der Waals surface area contributed by atoms with Gasteiger partial charge in [0, 0.05) is 32.8 Å². The molecule has 0 heterocycles. The first-order valence-corrected chi connectivity index (χ1v) is 21.5. The number of alkyl carbamates (subject to hydrolysis) is 1. The van der Waals surface area contributed by atoms with Gasteiger partial charge in [-0.1, -0.05) is 79.4 Å². The van der Waals surface area contributed by atoms with Gasteiger partial charge in [0.05, 0.1) is 25.9 Å². The van der Waals surface area contributed by atoms with Crippen molar-refractivity contribution in [2.24, 2.45) is 52.3 Å². The van der Waals surface area contributed by atoms with Gasteiger partial charge in [-0.05, 0) is 129 Å². The molecule has 3 saturated carbocycles. The zero-order valence-corrected chi connectivity index (χ0v) is 34.0. The third-order valence-electron chi connectivity index (χ3n) is 13.8. The third-order valence-corrected chi connectivity index (χ3v) is 13.8. The second-order valence-corrected chi connectivity index (χ2v) is 18.5. The van der Waals surface area contributed by atoms with Crippen LogP contribution in [0.2, 0.25) is 0 Å². The van der Waals surface area contributed by atoms with Crippen LogP contribution >= 0.6 is 0 Å². The van der Waals surface area contributed by atoms with E-state index in [9.17, 15) is 9.90 Å². The number of aliphatic hydroxyl groups is 1. The Morgan fingerprint density at radius 2 is 1.55 bits per heavy atom.